The van der Waals surface area contributed by atoms with E-state index in [1.54, 1.807) is 26.4 Å². The molecule has 0 saturated carbocycles. The third kappa shape index (κ3) is 4.08. The first-order chi connectivity index (χ1) is 16.6. The average Bonchev–Trinajstić information content (AvgIpc) is 3.33. The van der Waals surface area contributed by atoms with Crippen molar-refractivity contribution in [3.63, 3.8) is 0 Å². The number of methoxy groups -OCH3 is 2. The Morgan fingerprint density at radius 1 is 0.941 bits per heavy atom. The van der Waals surface area contributed by atoms with Gasteiger partial charge in [-0.15, -0.1) is 0 Å². The van der Waals surface area contributed by atoms with Crippen molar-refractivity contribution in [1.82, 2.24) is 9.99 Å². The topological polar surface area (TPSA) is 64.0 Å². The van der Waals surface area contributed by atoms with Gasteiger partial charge in [0.2, 0.25) is 0 Å². The van der Waals surface area contributed by atoms with Crippen LogP contribution in [0.3, 0.4) is 0 Å². The number of hydrogen-bond donors (Lipinski definition) is 0. The van der Waals surface area contributed by atoms with Crippen LogP contribution in [0.5, 0.6) is 11.5 Å². The minimum absolute atomic E-state index is 0.198. The van der Waals surface area contributed by atoms with Gasteiger partial charge in [-0.3, -0.25) is 4.79 Å². The van der Waals surface area contributed by atoms with Gasteiger partial charge in [0.15, 0.2) is 0 Å². The van der Waals surface area contributed by atoms with E-state index in [1.165, 1.54) is 5.01 Å². The van der Waals surface area contributed by atoms with Crippen molar-refractivity contribution in [2.24, 2.45) is 5.10 Å². The predicted octanol–water partition coefficient (Wildman–Crippen LogP) is 5.90. The Hall–Kier alpha value is -3.90. The van der Waals surface area contributed by atoms with Crippen LogP contribution < -0.4 is 9.47 Å². The molecule has 1 aliphatic heterocycles. The van der Waals surface area contributed by atoms with Crippen LogP contribution in [0.15, 0.2) is 84.0 Å². The largest absolute Gasteiger partial charge is 0.497 e. The highest BCUT2D eigenvalue weighted by Crippen LogP contribution is 2.38. The number of pyridine rings is 1. The Bertz CT molecular complexity index is 1390. The molecule has 0 unspecified atom stereocenters. The van der Waals surface area contributed by atoms with Gasteiger partial charge >= 0.3 is 0 Å². The molecule has 1 atom stereocenters. The van der Waals surface area contributed by atoms with Gasteiger partial charge in [-0.25, -0.2) is 9.99 Å². The second-order valence-electron chi connectivity index (χ2n) is 7.94. The second kappa shape index (κ2) is 9.15. The lowest BCUT2D eigenvalue weighted by molar-refractivity contribution is 0.0711. The van der Waals surface area contributed by atoms with Crippen molar-refractivity contribution in [1.29, 1.82) is 0 Å². The van der Waals surface area contributed by atoms with Crippen molar-refractivity contribution < 1.29 is 14.3 Å². The lowest BCUT2D eigenvalue weighted by Crippen LogP contribution is -2.27. The molecule has 0 bridgehead atoms. The number of hydrazone groups is 1. The molecular weight excluding hydrogens is 450 g/mol. The number of amides is 1. The van der Waals surface area contributed by atoms with Crippen molar-refractivity contribution in [2.45, 2.75) is 12.5 Å². The highest BCUT2D eigenvalue weighted by Gasteiger charge is 2.35. The first-order valence-corrected chi connectivity index (χ1v) is 11.2. The van der Waals surface area contributed by atoms with Crippen LogP contribution in [0, 0.1) is 0 Å². The molecule has 7 heteroatoms. The van der Waals surface area contributed by atoms with Crippen LogP contribution in [0.25, 0.3) is 10.9 Å². The second-order valence-corrected chi connectivity index (χ2v) is 8.30. The van der Waals surface area contributed by atoms with Gasteiger partial charge in [0.1, 0.15) is 16.7 Å². The van der Waals surface area contributed by atoms with Crippen LogP contribution in [-0.4, -0.2) is 35.8 Å². The number of nitrogens with zero attached hydrogens (tertiary/aromatic N) is 3. The summed E-state index contributed by atoms with van der Waals surface area (Å²) in [6.45, 7) is 0. The molecule has 1 aliphatic rings. The molecule has 170 valence electrons. The number of rotatable bonds is 5. The Morgan fingerprint density at radius 3 is 2.35 bits per heavy atom. The van der Waals surface area contributed by atoms with Gasteiger partial charge in [0, 0.05) is 22.9 Å². The number of ether oxygens (including phenoxy) is 2. The zero-order valence-electron chi connectivity index (χ0n) is 18.7. The van der Waals surface area contributed by atoms with Crippen molar-refractivity contribution in [2.75, 3.05) is 14.2 Å². The van der Waals surface area contributed by atoms with E-state index >= 15 is 0 Å². The summed E-state index contributed by atoms with van der Waals surface area (Å²) >= 11 is 6.66. The van der Waals surface area contributed by atoms with Crippen molar-refractivity contribution in [3.05, 3.63) is 101 Å². The molecule has 0 spiro atoms. The third-order valence-electron chi connectivity index (χ3n) is 5.92. The molecule has 2 heterocycles. The predicted molar refractivity (Wildman–Crippen MR) is 133 cm³/mol. The fraction of sp³-hybridized carbons (Fsp3) is 0.148. The molecule has 1 aromatic heterocycles. The Labute approximate surface area is 202 Å². The SMILES string of the molecule is COc1ccc(C2=NN(C(=O)c3ccccc3)[C@H](c3cc4cc(OC)ccc4nc3Cl)C2)cc1. The van der Waals surface area contributed by atoms with E-state index in [0.717, 1.165) is 39.2 Å². The summed E-state index contributed by atoms with van der Waals surface area (Å²) in [7, 11) is 3.25. The van der Waals surface area contributed by atoms with E-state index in [4.69, 9.17) is 26.2 Å². The van der Waals surface area contributed by atoms with E-state index in [9.17, 15) is 4.79 Å². The molecule has 4 aromatic rings. The average molecular weight is 472 g/mol. The fourth-order valence-corrected chi connectivity index (χ4v) is 4.39. The standard InChI is InChI=1S/C27H22ClN3O3/c1-33-20-10-8-17(9-11-20)24-16-25(31(30-24)27(32)18-6-4-3-5-7-18)22-15-19-14-21(34-2)12-13-23(19)29-26(22)28/h3-15,25H,16H2,1-2H3/t25-/m0/s1. The monoisotopic (exact) mass is 471 g/mol. The minimum Gasteiger partial charge on any atom is -0.497 e. The maximum atomic E-state index is 13.5. The highest BCUT2D eigenvalue weighted by molar-refractivity contribution is 6.30. The molecule has 1 amide bonds. The highest BCUT2D eigenvalue weighted by atomic mass is 35.5. The first-order valence-electron chi connectivity index (χ1n) is 10.8. The number of halogens is 1. The summed E-state index contributed by atoms with van der Waals surface area (Å²) in [4.78, 5) is 18.1. The minimum atomic E-state index is -0.402. The Kier molecular flexibility index (Phi) is 5.90. The summed E-state index contributed by atoms with van der Waals surface area (Å²) in [5.74, 6) is 1.28. The Balaban J connectivity index is 1.59. The van der Waals surface area contributed by atoms with Gasteiger partial charge < -0.3 is 9.47 Å². The number of hydrogen-bond acceptors (Lipinski definition) is 5. The fourth-order valence-electron chi connectivity index (χ4n) is 4.12. The molecular formula is C27H22ClN3O3. The van der Waals surface area contributed by atoms with E-state index in [1.807, 2.05) is 66.7 Å². The zero-order chi connectivity index (χ0) is 23.7. The normalized spacial score (nSPS) is 15.3. The van der Waals surface area contributed by atoms with E-state index < -0.39 is 6.04 Å². The smallest absolute Gasteiger partial charge is 0.274 e. The molecule has 0 N–H and O–H groups in total. The van der Waals surface area contributed by atoms with Crippen molar-refractivity contribution in [3.8, 4) is 11.5 Å². The summed E-state index contributed by atoms with van der Waals surface area (Å²) in [6.07, 6.45) is 0.502. The van der Waals surface area contributed by atoms with Gasteiger partial charge in [0.05, 0.1) is 31.5 Å². The molecule has 6 nitrogen and oxygen atoms in total. The molecule has 0 radical (unpaired) electrons. The quantitative estimate of drug-likeness (QED) is 0.340. The summed E-state index contributed by atoms with van der Waals surface area (Å²) < 4.78 is 10.6. The summed E-state index contributed by atoms with van der Waals surface area (Å²) in [6, 6.07) is 23.9. The maximum absolute atomic E-state index is 13.5. The van der Waals surface area contributed by atoms with Crippen LogP contribution in [0.2, 0.25) is 5.15 Å². The molecule has 5 rings (SSSR count). The lowest BCUT2D eigenvalue weighted by Gasteiger charge is -2.23. The molecule has 3 aromatic carbocycles. The van der Waals surface area contributed by atoms with Gasteiger partial charge in [-0.1, -0.05) is 29.8 Å². The van der Waals surface area contributed by atoms with Gasteiger partial charge in [0.25, 0.3) is 5.91 Å². The van der Waals surface area contributed by atoms with Crippen LogP contribution >= 0.6 is 11.6 Å². The maximum Gasteiger partial charge on any atom is 0.274 e. The molecule has 34 heavy (non-hydrogen) atoms. The number of carbonyl (C=O) groups is 1. The number of carbonyl (C=O) groups excluding carboxylic acids is 1. The summed E-state index contributed by atoms with van der Waals surface area (Å²) in [5.41, 5.74) is 3.75. The Morgan fingerprint density at radius 2 is 1.65 bits per heavy atom. The van der Waals surface area contributed by atoms with E-state index in [2.05, 4.69) is 4.98 Å². The summed E-state index contributed by atoms with van der Waals surface area (Å²) in [5, 5.41) is 7.49. The van der Waals surface area contributed by atoms with E-state index in [-0.39, 0.29) is 5.91 Å². The van der Waals surface area contributed by atoms with Crippen LogP contribution in [0.1, 0.15) is 33.9 Å². The number of fused-ring (bicyclic) bond motifs is 1. The van der Waals surface area contributed by atoms with Crippen LogP contribution in [-0.2, 0) is 0 Å². The molecule has 0 aliphatic carbocycles. The number of benzene rings is 3. The van der Waals surface area contributed by atoms with E-state index in [0.29, 0.717) is 17.1 Å². The first kappa shape index (κ1) is 21.9. The van der Waals surface area contributed by atoms with Crippen LogP contribution in [0.4, 0.5) is 0 Å². The number of aromatic nitrogens is 1. The van der Waals surface area contributed by atoms with Crippen molar-refractivity contribution >= 4 is 34.1 Å². The lowest BCUT2D eigenvalue weighted by atomic mass is 9.98. The molecule has 0 fully saturated rings. The third-order valence-corrected chi connectivity index (χ3v) is 6.23. The van der Waals surface area contributed by atoms with Gasteiger partial charge in [-0.05, 0) is 66.2 Å². The van der Waals surface area contributed by atoms with Gasteiger partial charge in [-0.2, -0.15) is 5.10 Å². The zero-order valence-corrected chi connectivity index (χ0v) is 19.5. The molecule has 0 saturated heterocycles.